The molecule has 0 aliphatic carbocycles. The van der Waals surface area contributed by atoms with Crippen molar-refractivity contribution in [2.24, 2.45) is 0 Å². The second kappa shape index (κ2) is 7.47. The summed E-state index contributed by atoms with van der Waals surface area (Å²) in [7, 11) is 0. The van der Waals surface area contributed by atoms with Gasteiger partial charge in [-0.05, 0) is 37.1 Å². The summed E-state index contributed by atoms with van der Waals surface area (Å²) in [5.74, 6) is -1.05. The van der Waals surface area contributed by atoms with Crippen LogP contribution in [0.4, 0.5) is 0 Å². The van der Waals surface area contributed by atoms with Gasteiger partial charge >= 0.3 is 5.97 Å². The molecule has 28 heavy (non-hydrogen) atoms. The lowest BCUT2D eigenvalue weighted by molar-refractivity contribution is 0.0688. The molecule has 1 fully saturated rings. The molecular formula is C19H18ClN5O3. The van der Waals surface area contributed by atoms with E-state index in [4.69, 9.17) is 16.7 Å². The van der Waals surface area contributed by atoms with Crippen LogP contribution in [0.2, 0.25) is 5.02 Å². The van der Waals surface area contributed by atoms with Crippen molar-refractivity contribution in [2.45, 2.75) is 18.9 Å². The van der Waals surface area contributed by atoms with Crippen LogP contribution < -0.4 is 0 Å². The van der Waals surface area contributed by atoms with Crippen molar-refractivity contribution in [3.8, 4) is 5.69 Å². The van der Waals surface area contributed by atoms with Crippen molar-refractivity contribution in [3.05, 3.63) is 65.2 Å². The van der Waals surface area contributed by atoms with Gasteiger partial charge in [0.2, 0.25) is 0 Å². The summed E-state index contributed by atoms with van der Waals surface area (Å²) in [6.45, 7) is 1.16. The predicted octanol–water partition coefficient (Wildman–Crippen LogP) is 2.90. The van der Waals surface area contributed by atoms with Gasteiger partial charge in [0.15, 0.2) is 0 Å². The second-order valence-corrected chi connectivity index (χ2v) is 7.12. The van der Waals surface area contributed by atoms with E-state index in [2.05, 4.69) is 10.2 Å². The number of hydrogen-bond acceptors (Lipinski definition) is 4. The highest BCUT2D eigenvalue weighted by Crippen LogP contribution is 2.23. The number of rotatable bonds is 4. The van der Waals surface area contributed by atoms with Gasteiger partial charge in [-0.15, -0.1) is 0 Å². The Morgan fingerprint density at radius 3 is 2.32 bits per heavy atom. The summed E-state index contributed by atoms with van der Waals surface area (Å²) in [4.78, 5) is 25.6. The largest absolute Gasteiger partial charge is 0.478 e. The molecule has 1 aliphatic rings. The number of likely N-dealkylation sites (tertiary alicyclic amines) is 1. The summed E-state index contributed by atoms with van der Waals surface area (Å²) in [6, 6.07) is 7.31. The average molecular weight is 400 g/mol. The summed E-state index contributed by atoms with van der Waals surface area (Å²) in [6.07, 6.45) is 7.61. The van der Waals surface area contributed by atoms with E-state index in [0.717, 1.165) is 18.5 Å². The standard InChI is InChI=1S/C19H18ClN5O3/c20-15-1-3-16(4-2-15)24-11-13(9-21-24)18(26)23-7-5-17(6-8-23)25-12-14(10-22-25)19(27)28/h1-4,9-12,17H,5-8H2,(H,27,28). The molecule has 3 heterocycles. The lowest BCUT2D eigenvalue weighted by atomic mass is 10.0. The molecule has 1 saturated heterocycles. The molecule has 3 aromatic rings. The molecule has 0 radical (unpaired) electrons. The second-order valence-electron chi connectivity index (χ2n) is 6.69. The van der Waals surface area contributed by atoms with Crippen LogP contribution in [0.15, 0.2) is 49.1 Å². The molecule has 0 saturated carbocycles. The summed E-state index contributed by atoms with van der Waals surface area (Å²) in [5.41, 5.74) is 1.53. The van der Waals surface area contributed by atoms with Gasteiger partial charge in [-0.2, -0.15) is 10.2 Å². The molecule has 144 valence electrons. The zero-order chi connectivity index (χ0) is 19.7. The number of aromatic nitrogens is 4. The van der Waals surface area contributed by atoms with Crippen molar-refractivity contribution in [3.63, 3.8) is 0 Å². The van der Waals surface area contributed by atoms with E-state index in [1.165, 1.54) is 6.20 Å². The van der Waals surface area contributed by atoms with E-state index in [1.807, 2.05) is 12.1 Å². The molecule has 0 bridgehead atoms. The first-order valence-corrected chi connectivity index (χ1v) is 9.26. The van der Waals surface area contributed by atoms with Crippen LogP contribution in [0.5, 0.6) is 0 Å². The minimum atomic E-state index is -0.989. The molecule has 1 aliphatic heterocycles. The van der Waals surface area contributed by atoms with Crippen LogP contribution in [0.1, 0.15) is 39.6 Å². The first kappa shape index (κ1) is 18.2. The van der Waals surface area contributed by atoms with Crippen LogP contribution in [0.25, 0.3) is 5.69 Å². The number of halogens is 1. The van der Waals surface area contributed by atoms with Gasteiger partial charge in [-0.3, -0.25) is 9.48 Å². The van der Waals surface area contributed by atoms with Gasteiger partial charge in [0.25, 0.3) is 5.91 Å². The fraction of sp³-hybridized carbons (Fsp3) is 0.263. The average Bonchev–Trinajstić information content (AvgIpc) is 3.38. The Labute approximate surface area is 165 Å². The summed E-state index contributed by atoms with van der Waals surface area (Å²) in [5, 5.41) is 18.1. The maximum atomic E-state index is 12.8. The number of amides is 1. The molecule has 1 N–H and O–H groups in total. The number of hydrogen-bond donors (Lipinski definition) is 1. The Kier molecular flexibility index (Phi) is 4.87. The number of carboxylic acid groups (broad SMARTS) is 1. The van der Waals surface area contributed by atoms with Gasteiger partial charge in [-0.25, -0.2) is 9.48 Å². The Hall–Kier alpha value is -3.13. The quantitative estimate of drug-likeness (QED) is 0.728. The van der Waals surface area contributed by atoms with E-state index >= 15 is 0 Å². The fourth-order valence-corrected chi connectivity index (χ4v) is 3.46. The van der Waals surface area contributed by atoms with E-state index in [-0.39, 0.29) is 17.5 Å². The number of benzene rings is 1. The highest BCUT2D eigenvalue weighted by Gasteiger charge is 2.26. The third kappa shape index (κ3) is 3.63. The van der Waals surface area contributed by atoms with Crippen LogP contribution in [-0.4, -0.2) is 54.5 Å². The first-order chi connectivity index (χ1) is 13.5. The maximum Gasteiger partial charge on any atom is 0.338 e. The fourth-order valence-electron chi connectivity index (χ4n) is 3.33. The third-order valence-electron chi connectivity index (χ3n) is 4.89. The molecule has 0 unspecified atom stereocenters. The molecule has 0 spiro atoms. The molecule has 1 aromatic carbocycles. The van der Waals surface area contributed by atoms with Gasteiger partial charge < -0.3 is 10.0 Å². The highest BCUT2D eigenvalue weighted by molar-refractivity contribution is 6.30. The summed E-state index contributed by atoms with van der Waals surface area (Å²) < 4.78 is 3.33. The number of piperidine rings is 1. The zero-order valence-corrected chi connectivity index (χ0v) is 15.7. The van der Waals surface area contributed by atoms with Gasteiger partial charge in [-0.1, -0.05) is 11.6 Å². The number of nitrogens with zero attached hydrogens (tertiary/aromatic N) is 5. The minimum Gasteiger partial charge on any atom is -0.478 e. The number of carboxylic acids is 1. The number of carbonyl (C=O) groups is 2. The van der Waals surface area contributed by atoms with Crippen LogP contribution >= 0.6 is 11.6 Å². The smallest absolute Gasteiger partial charge is 0.338 e. The van der Waals surface area contributed by atoms with E-state index in [0.29, 0.717) is 23.7 Å². The predicted molar refractivity (Wildman–Crippen MR) is 102 cm³/mol. The highest BCUT2D eigenvalue weighted by atomic mass is 35.5. The van der Waals surface area contributed by atoms with E-state index < -0.39 is 5.97 Å². The van der Waals surface area contributed by atoms with Crippen molar-refractivity contribution in [1.29, 1.82) is 0 Å². The molecule has 0 atom stereocenters. The van der Waals surface area contributed by atoms with Gasteiger partial charge in [0.05, 0.1) is 35.2 Å². The normalized spacial score (nSPS) is 15.0. The third-order valence-corrected chi connectivity index (χ3v) is 5.15. The lowest BCUT2D eigenvalue weighted by Gasteiger charge is -2.31. The zero-order valence-electron chi connectivity index (χ0n) is 14.9. The SMILES string of the molecule is O=C(O)c1cnn(C2CCN(C(=O)c3cnn(-c4ccc(Cl)cc4)c3)CC2)c1. The van der Waals surface area contributed by atoms with Crippen molar-refractivity contribution in [2.75, 3.05) is 13.1 Å². The molecule has 4 rings (SSSR count). The Balaban J connectivity index is 1.40. The van der Waals surface area contributed by atoms with Crippen LogP contribution in [0, 0.1) is 0 Å². The Morgan fingerprint density at radius 1 is 1.00 bits per heavy atom. The topological polar surface area (TPSA) is 93.2 Å². The minimum absolute atomic E-state index is 0.0645. The maximum absolute atomic E-state index is 12.8. The van der Waals surface area contributed by atoms with Crippen molar-refractivity contribution >= 4 is 23.5 Å². The Bertz CT molecular complexity index is 1000. The van der Waals surface area contributed by atoms with E-state index in [1.54, 1.807) is 45.0 Å². The molecule has 9 heteroatoms. The monoisotopic (exact) mass is 399 g/mol. The molecule has 2 aromatic heterocycles. The molecule has 1 amide bonds. The Morgan fingerprint density at radius 2 is 1.68 bits per heavy atom. The lowest BCUT2D eigenvalue weighted by Crippen LogP contribution is -2.39. The molecular weight excluding hydrogens is 382 g/mol. The van der Waals surface area contributed by atoms with Crippen LogP contribution in [0.3, 0.4) is 0 Å². The molecule has 8 nitrogen and oxygen atoms in total. The number of aromatic carboxylic acids is 1. The van der Waals surface area contributed by atoms with E-state index in [9.17, 15) is 9.59 Å². The van der Waals surface area contributed by atoms with Crippen molar-refractivity contribution in [1.82, 2.24) is 24.5 Å². The van der Waals surface area contributed by atoms with Crippen LogP contribution in [-0.2, 0) is 0 Å². The van der Waals surface area contributed by atoms with Crippen molar-refractivity contribution < 1.29 is 14.7 Å². The first-order valence-electron chi connectivity index (χ1n) is 8.88. The number of carbonyl (C=O) groups excluding carboxylic acids is 1. The van der Waals surface area contributed by atoms with Gasteiger partial charge in [0.1, 0.15) is 0 Å². The summed E-state index contributed by atoms with van der Waals surface area (Å²) >= 11 is 5.90. The van der Waals surface area contributed by atoms with Gasteiger partial charge in [0, 0.05) is 30.5 Å².